The Hall–Kier alpha value is -1.89. The predicted octanol–water partition coefficient (Wildman–Crippen LogP) is 1.55. The highest BCUT2D eigenvalue weighted by atomic mass is 31.2. The molecular weight excluding hydrogens is 311 g/mol. The van der Waals surface area contributed by atoms with E-state index in [-0.39, 0.29) is 13.0 Å². The largest absolute Gasteiger partial charge is 0.445 e. The molecule has 2 atom stereocenters. The lowest BCUT2D eigenvalue weighted by molar-refractivity contribution is -0.130. The van der Waals surface area contributed by atoms with Crippen molar-refractivity contribution in [1.82, 2.24) is 10.8 Å². The van der Waals surface area contributed by atoms with Crippen LogP contribution in [-0.2, 0) is 25.3 Å². The van der Waals surface area contributed by atoms with Gasteiger partial charge in [-0.25, -0.2) is 10.3 Å². The van der Waals surface area contributed by atoms with Gasteiger partial charge in [0, 0.05) is 6.66 Å². The Kier molecular flexibility index (Phi) is 7.04. The second kappa shape index (κ2) is 8.53. The Morgan fingerprint density at radius 3 is 2.50 bits per heavy atom. The van der Waals surface area contributed by atoms with Gasteiger partial charge in [0.2, 0.25) is 0 Å². The molecule has 0 heterocycles. The molecule has 1 unspecified atom stereocenters. The summed E-state index contributed by atoms with van der Waals surface area (Å²) in [4.78, 5) is 32.2. The van der Waals surface area contributed by atoms with Gasteiger partial charge in [0.1, 0.15) is 12.6 Å². The Labute approximate surface area is 128 Å². The van der Waals surface area contributed by atoms with E-state index in [0.717, 1.165) is 12.2 Å². The molecule has 1 aromatic carbocycles. The van der Waals surface area contributed by atoms with Crippen LogP contribution in [0.5, 0.6) is 0 Å². The van der Waals surface area contributed by atoms with Gasteiger partial charge in [0.25, 0.3) is 5.91 Å². The quantitative estimate of drug-likeness (QED) is 0.516. The lowest BCUT2D eigenvalue weighted by atomic mass is 10.2. The minimum atomic E-state index is -3.83. The van der Waals surface area contributed by atoms with E-state index in [0.29, 0.717) is 0 Å². The number of carbonyl (C=O) groups is 2. The molecule has 3 N–H and O–H groups in total. The molecule has 0 radical (unpaired) electrons. The van der Waals surface area contributed by atoms with Crippen molar-refractivity contribution in [3.8, 4) is 0 Å². The van der Waals surface area contributed by atoms with E-state index in [9.17, 15) is 14.2 Å². The molecule has 0 saturated heterocycles. The molecule has 2 amide bonds. The molecule has 0 aliphatic carbocycles. The summed E-state index contributed by atoms with van der Waals surface area (Å²) < 4.78 is 20.2. The summed E-state index contributed by atoms with van der Waals surface area (Å²) in [7, 11) is -3.83. The SMILES string of the molecule is CC[C@H](NC(=O)OCc1ccccc1)C(=O)NOP(C)(=O)O. The topological polar surface area (TPSA) is 114 Å². The van der Waals surface area contributed by atoms with Crippen molar-refractivity contribution in [2.45, 2.75) is 26.0 Å². The summed E-state index contributed by atoms with van der Waals surface area (Å²) in [6.07, 6.45) is -0.510. The number of carbonyl (C=O) groups excluding carboxylic acids is 2. The number of amides is 2. The van der Waals surface area contributed by atoms with Gasteiger partial charge in [-0.3, -0.25) is 9.36 Å². The maximum atomic E-state index is 11.7. The van der Waals surface area contributed by atoms with E-state index in [2.05, 4.69) is 9.94 Å². The summed E-state index contributed by atoms with van der Waals surface area (Å²) >= 11 is 0. The second-order valence-electron chi connectivity index (χ2n) is 4.53. The van der Waals surface area contributed by atoms with Crippen LogP contribution in [0.4, 0.5) is 4.79 Å². The number of hydroxylamine groups is 1. The summed E-state index contributed by atoms with van der Waals surface area (Å²) in [6, 6.07) is 8.13. The van der Waals surface area contributed by atoms with Crippen LogP contribution in [0.25, 0.3) is 0 Å². The normalized spacial score (nSPS) is 14.5. The van der Waals surface area contributed by atoms with Crippen molar-refractivity contribution in [1.29, 1.82) is 0 Å². The van der Waals surface area contributed by atoms with Crippen molar-refractivity contribution < 1.29 is 28.4 Å². The minimum absolute atomic E-state index is 0.0715. The molecule has 0 aliphatic rings. The van der Waals surface area contributed by atoms with Crippen molar-refractivity contribution in [3.05, 3.63) is 35.9 Å². The van der Waals surface area contributed by atoms with Gasteiger partial charge in [0.05, 0.1) is 0 Å². The number of ether oxygens (including phenoxy) is 1. The van der Waals surface area contributed by atoms with Crippen LogP contribution >= 0.6 is 7.60 Å². The smallest absolute Gasteiger partial charge is 0.408 e. The average molecular weight is 330 g/mol. The van der Waals surface area contributed by atoms with E-state index in [1.54, 1.807) is 19.1 Å². The molecule has 1 aromatic rings. The zero-order chi connectivity index (χ0) is 16.6. The van der Waals surface area contributed by atoms with Crippen molar-refractivity contribution >= 4 is 19.6 Å². The Bertz CT molecular complexity index is 545. The maximum absolute atomic E-state index is 11.7. The Balaban J connectivity index is 2.42. The molecule has 0 bridgehead atoms. The van der Waals surface area contributed by atoms with Crippen LogP contribution in [0, 0.1) is 0 Å². The van der Waals surface area contributed by atoms with Crippen LogP contribution in [-0.4, -0.2) is 29.6 Å². The third kappa shape index (κ3) is 7.21. The van der Waals surface area contributed by atoms with Gasteiger partial charge in [-0.15, -0.1) is 0 Å². The number of nitrogens with one attached hydrogen (secondary N) is 2. The first-order chi connectivity index (χ1) is 10.3. The first-order valence-corrected chi connectivity index (χ1v) is 8.60. The lowest BCUT2D eigenvalue weighted by Crippen LogP contribution is -2.46. The predicted molar refractivity (Wildman–Crippen MR) is 78.8 cm³/mol. The fourth-order valence-corrected chi connectivity index (χ4v) is 1.72. The molecular formula is C13H19N2O6P. The number of benzene rings is 1. The first kappa shape index (κ1) is 18.2. The van der Waals surface area contributed by atoms with E-state index in [4.69, 9.17) is 9.63 Å². The van der Waals surface area contributed by atoms with Crippen LogP contribution < -0.4 is 10.8 Å². The average Bonchev–Trinajstić information content (AvgIpc) is 2.48. The molecule has 22 heavy (non-hydrogen) atoms. The molecule has 9 heteroatoms. The summed E-state index contributed by atoms with van der Waals surface area (Å²) in [5.74, 6) is -0.740. The minimum Gasteiger partial charge on any atom is -0.445 e. The van der Waals surface area contributed by atoms with E-state index in [1.165, 1.54) is 0 Å². The van der Waals surface area contributed by atoms with Gasteiger partial charge in [0.15, 0.2) is 0 Å². The summed E-state index contributed by atoms with van der Waals surface area (Å²) in [5.41, 5.74) is 2.64. The zero-order valence-electron chi connectivity index (χ0n) is 12.3. The summed E-state index contributed by atoms with van der Waals surface area (Å²) in [6.45, 7) is 2.66. The Morgan fingerprint density at radius 1 is 1.32 bits per heavy atom. The monoisotopic (exact) mass is 330 g/mol. The van der Waals surface area contributed by atoms with Gasteiger partial charge in [-0.1, -0.05) is 37.3 Å². The number of hydrogen-bond donors (Lipinski definition) is 3. The highest BCUT2D eigenvalue weighted by Crippen LogP contribution is 2.34. The molecule has 8 nitrogen and oxygen atoms in total. The van der Waals surface area contributed by atoms with Gasteiger partial charge < -0.3 is 14.9 Å². The molecule has 0 aliphatic heterocycles. The van der Waals surface area contributed by atoms with Gasteiger partial charge >= 0.3 is 13.7 Å². The summed E-state index contributed by atoms with van der Waals surface area (Å²) in [5, 5.41) is 2.35. The third-order valence-corrected chi connectivity index (χ3v) is 2.98. The third-order valence-electron chi connectivity index (χ3n) is 2.55. The van der Waals surface area contributed by atoms with Crippen LogP contribution in [0.1, 0.15) is 18.9 Å². The van der Waals surface area contributed by atoms with Crippen LogP contribution in [0.3, 0.4) is 0 Å². The van der Waals surface area contributed by atoms with E-state index in [1.807, 2.05) is 23.7 Å². The second-order valence-corrected chi connectivity index (χ2v) is 6.32. The van der Waals surface area contributed by atoms with Gasteiger partial charge in [-0.05, 0) is 12.0 Å². The van der Waals surface area contributed by atoms with Crippen molar-refractivity contribution in [2.24, 2.45) is 0 Å². The standard InChI is InChI=1S/C13H19N2O6P/c1-3-11(12(16)15-21-22(2,18)19)14-13(17)20-9-10-7-5-4-6-8-10/h4-8,11H,3,9H2,1-2H3,(H,14,17)(H,15,16)(H,18,19)/t11-/m0/s1. The highest BCUT2D eigenvalue weighted by Gasteiger charge is 2.22. The van der Waals surface area contributed by atoms with E-state index >= 15 is 0 Å². The van der Waals surface area contributed by atoms with Crippen LogP contribution in [0.2, 0.25) is 0 Å². The van der Waals surface area contributed by atoms with Crippen molar-refractivity contribution in [3.63, 3.8) is 0 Å². The maximum Gasteiger partial charge on any atom is 0.408 e. The van der Waals surface area contributed by atoms with Crippen molar-refractivity contribution in [2.75, 3.05) is 6.66 Å². The highest BCUT2D eigenvalue weighted by molar-refractivity contribution is 7.51. The van der Waals surface area contributed by atoms with Crippen LogP contribution in [0.15, 0.2) is 30.3 Å². The molecule has 0 fully saturated rings. The number of rotatable bonds is 7. The fraction of sp³-hybridized carbons (Fsp3) is 0.385. The zero-order valence-corrected chi connectivity index (χ0v) is 13.2. The molecule has 0 spiro atoms. The van der Waals surface area contributed by atoms with E-state index < -0.39 is 25.6 Å². The first-order valence-electron chi connectivity index (χ1n) is 6.57. The number of hydrogen-bond acceptors (Lipinski definition) is 5. The molecule has 0 aromatic heterocycles. The molecule has 122 valence electrons. The number of alkyl carbamates (subject to hydrolysis) is 1. The Morgan fingerprint density at radius 2 is 1.95 bits per heavy atom. The lowest BCUT2D eigenvalue weighted by Gasteiger charge is -2.16. The molecule has 1 rings (SSSR count). The molecule has 0 saturated carbocycles. The fourth-order valence-electron chi connectivity index (χ4n) is 1.46. The van der Waals surface area contributed by atoms with Gasteiger partial charge in [-0.2, -0.15) is 4.62 Å².